The standard InChI is InChI=1S/C19H24ClFOSi.C4H9.Sn/c1-12(2)23(13(3)4)14(5)11-22-16-7-8-17-15(10-16)6-9-18(21)19(17)20;1-4(2)3;/h6-9,12-14H,11H2,1-5H3;1-3H3;. The van der Waals surface area contributed by atoms with E-state index in [1.807, 2.05) is 18.2 Å². The van der Waals surface area contributed by atoms with Crippen LogP contribution in [-0.4, -0.2) is 36.5 Å². The maximum atomic E-state index is 14.0. The molecule has 0 saturated carbocycles. The molecule has 1 nitrogen and oxygen atoms in total. The van der Waals surface area contributed by atoms with E-state index in [-0.39, 0.29) is 14.3 Å². The third kappa shape index (κ3) is 5.88. The SMILES string of the molecule is CC(C)[Si](C(C)C)C(C)COc1ccc2c(Cl)c(F)ccc2[c]1[Sn][C](C)(C)C. The van der Waals surface area contributed by atoms with Gasteiger partial charge in [-0.15, -0.1) is 0 Å². The molecule has 153 valence electrons. The predicted molar refractivity (Wildman–Crippen MR) is 125 cm³/mol. The van der Waals surface area contributed by atoms with Crippen molar-refractivity contribution in [2.45, 2.75) is 75.4 Å². The number of fused-ring (bicyclic) bond motifs is 1. The van der Waals surface area contributed by atoms with Gasteiger partial charge < -0.3 is 0 Å². The topological polar surface area (TPSA) is 9.23 Å². The summed E-state index contributed by atoms with van der Waals surface area (Å²) in [4.78, 5) is 0. The molecule has 0 aliphatic rings. The molecule has 1 atom stereocenters. The quantitative estimate of drug-likeness (QED) is 0.345. The van der Waals surface area contributed by atoms with Crippen LogP contribution in [0.2, 0.25) is 25.1 Å². The second-order valence-corrected chi connectivity index (χ2v) is 20.4. The molecule has 3 radical (unpaired) electrons. The van der Waals surface area contributed by atoms with Crippen molar-refractivity contribution >= 4 is 55.9 Å². The normalized spacial score (nSPS) is 13.8. The minimum absolute atomic E-state index is 0.220. The number of hydrogen-bond acceptors (Lipinski definition) is 1. The third-order valence-corrected chi connectivity index (χ3v) is 13.6. The van der Waals surface area contributed by atoms with Gasteiger partial charge in [0.05, 0.1) is 0 Å². The van der Waals surface area contributed by atoms with Crippen molar-refractivity contribution < 1.29 is 9.13 Å². The molecule has 0 N–H and O–H groups in total. The van der Waals surface area contributed by atoms with Gasteiger partial charge in [0.2, 0.25) is 0 Å². The van der Waals surface area contributed by atoms with Crippen molar-refractivity contribution in [2.75, 3.05) is 6.61 Å². The first kappa shape index (κ1) is 24.0. The predicted octanol–water partition coefficient (Wildman–Crippen LogP) is 7.26. The Hall–Kier alpha value is -0.264. The molecule has 0 aromatic heterocycles. The third-order valence-electron chi connectivity index (χ3n) is 4.94. The molecule has 0 spiro atoms. The molecular formula is C23H33ClFOSiSn. The Morgan fingerprint density at radius 3 is 2.11 bits per heavy atom. The van der Waals surface area contributed by atoms with E-state index in [0.29, 0.717) is 5.54 Å². The minimum atomic E-state index is -0.980. The van der Waals surface area contributed by atoms with E-state index >= 15 is 0 Å². The molecule has 0 aliphatic heterocycles. The molecule has 0 heterocycles. The van der Waals surface area contributed by atoms with Crippen molar-refractivity contribution in [1.82, 2.24) is 0 Å². The number of ether oxygens (including phenoxy) is 1. The van der Waals surface area contributed by atoms with Crippen molar-refractivity contribution in [3.63, 3.8) is 0 Å². The summed E-state index contributed by atoms with van der Waals surface area (Å²) in [6.45, 7) is 19.3. The van der Waals surface area contributed by atoms with Crippen LogP contribution in [0.5, 0.6) is 5.75 Å². The van der Waals surface area contributed by atoms with Gasteiger partial charge in [0.1, 0.15) is 0 Å². The van der Waals surface area contributed by atoms with Crippen LogP contribution < -0.4 is 8.32 Å². The molecule has 0 bridgehead atoms. The van der Waals surface area contributed by atoms with E-state index in [2.05, 4.69) is 55.4 Å². The summed E-state index contributed by atoms with van der Waals surface area (Å²) < 4.78 is 22.0. The van der Waals surface area contributed by atoms with Gasteiger partial charge in [0, 0.05) is 0 Å². The van der Waals surface area contributed by atoms with Gasteiger partial charge in [0.15, 0.2) is 0 Å². The van der Waals surface area contributed by atoms with E-state index in [9.17, 15) is 4.39 Å². The van der Waals surface area contributed by atoms with Gasteiger partial charge >= 0.3 is 188 Å². The Morgan fingerprint density at radius 2 is 1.57 bits per heavy atom. The van der Waals surface area contributed by atoms with Crippen LogP contribution in [0.25, 0.3) is 10.8 Å². The first-order chi connectivity index (χ1) is 12.9. The van der Waals surface area contributed by atoms with Gasteiger partial charge in [-0.05, 0) is 0 Å². The molecule has 0 saturated heterocycles. The first-order valence-electron chi connectivity index (χ1n) is 10.1. The fourth-order valence-corrected chi connectivity index (χ4v) is 12.1. The molecule has 0 fully saturated rings. The Balaban J connectivity index is 2.41. The first-order valence-corrected chi connectivity index (χ1v) is 15.1. The monoisotopic (exact) mass is 527 g/mol. The van der Waals surface area contributed by atoms with E-state index in [1.54, 1.807) is 0 Å². The Kier molecular flexibility index (Phi) is 8.31. The summed E-state index contributed by atoms with van der Waals surface area (Å²) in [5.74, 6) is 0.627. The number of hydrogen-bond donors (Lipinski definition) is 0. The van der Waals surface area contributed by atoms with Crippen LogP contribution in [0, 0.1) is 5.82 Å². The summed E-state index contributed by atoms with van der Waals surface area (Å²) >= 11 is 5.29. The zero-order valence-corrected chi connectivity index (χ0v) is 23.0. The van der Waals surface area contributed by atoms with Crippen molar-refractivity contribution in [1.29, 1.82) is 0 Å². The second kappa shape index (κ2) is 9.70. The van der Waals surface area contributed by atoms with Crippen molar-refractivity contribution in [2.24, 2.45) is 0 Å². The second-order valence-electron chi connectivity index (χ2n) is 9.29. The molecular weight excluding hydrogens is 494 g/mol. The summed E-state index contributed by atoms with van der Waals surface area (Å²) in [6.07, 6.45) is 0. The molecule has 1 unspecified atom stereocenters. The summed E-state index contributed by atoms with van der Waals surface area (Å²) in [7, 11) is -0.509. The van der Waals surface area contributed by atoms with Crippen molar-refractivity contribution in [3.8, 4) is 5.75 Å². The maximum absolute atomic E-state index is 14.0. The van der Waals surface area contributed by atoms with Crippen LogP contribution in [0.15, 0.2) is 24.3 Å². The van der Waals surface area contributed by atoms with Gasteiger partial charge in [-0.3, -0.25) is 0 Å². The van der Waals surface area contributed by atoms with Crippen molar-refractivity contribution in [3.05, 3.63) is 35.1 Å². The van der Waals surface area contributed by atoms with Gasteiger partial charge in [0.25, 0.3) is 0 Å². The average molecular weight is 527 g/mol. The molecule has 2 aromatic carbocycles. The van der Waals surface area contributed by atoms with Crippen LogP contribution in [0.3, 0.4) is 0 Å². The zero-order valence-electron chi connectivity index (χ0n) is 18.4. The van der Waals surface area contributed by atoms with Crippen LogP contribution in [0.4, 0.5) is 4.39 Å². The zero-order chi connectivity index (χ0) is 21.2. The molecule has 5 heteroatoms. The van der Waals surface area contributed by atoms with E-state index in [0.717, 1.165) is 34.2 Å². The molecule has 2 aromatic rings. The molecule has 28 heavy (non-hydrogen) atoms. The Morgan fingerprint density at radius 1 is 1.00 bits per heavy atom. The Bertz CT molecular complexity index is 808. The Labute approximate surface area is 187 Å². The number of rotatable bonds is 7. The molecule has 2 rings (SSSR count). The van der Waals surface area contributed by atoms with Gasteiger partial charge in [-0.1, -0.05) is 0 Å². The van der Waals surface area contributed by atoms with Crippen LogP contribution >= 0.6 is 11.6 Å². The van der Waals surface area contributed by atoms with Gasteiger partial charge in [-0.2, -0.15) is 0 Å². The number of benzene rings is 2. The summed E-state index contributed by atoms with van der Waals surface area (Å²) in [6, 6.07) is 7.30. The summed E-state index contributed by atoms with van der Waals surface area (Å²) in [5.41, 5.74) is 2.03. The average Bonchev–Trinajstić information content (AvgIpc) is 2.55. The van der Waals surface area contributed by atoms with E-state index in [1.165, 1.54) is 9.65 Å². The van der Waals surface area contributed by atoms with Crippen LogP contribution in [0.1, 0.15) is 55.4 Å². The summed E-state index contributed by atoms with van der Waals surface area (Å²) in [5, 5.41) is 2.09. The molecule has 0 aliphatic carbocycles. The fourth-order valence-electron chi connectivity index (χ4n) is 4.06. The van der Waals surface area contributed by atoms with E-state index in [4.69, 9.17) is 16.3 Å². The van der Waals surface area contributed by atoms with Gasteiger partial charge in [-0.25, -0.2) is 0 Å². The molecule has 0 amide bonds. The number of halogens is 2. The fraction of sp³-hybridized carbons (Fsp3) is 0.565. The van der Waals surface area contributed by atoms with E-state index < -0.39 is 29.9 Å². The van der Waals surface area contributed by atoms with Crippen LogP contribution in [-0.2, 0) is 0 Å².